The Morgan fingerprint density at radius 1 is 1.37 bits per heavy atom. The lowest BCUT2D eigenvalue weighted by molar-refractivity contribution is 0.154. The molecule has 2 rings (SSSR count). The molecule has 2 unspecified atom stereocenters. The fourth-order valence-corrected chi connectivity index (χ4v) is 2.90. The van der Waals surface area contributed by atoms with Crippen molar-refractivity contribution in [2.75, 3.05) is 20.3 Å². The number of fused-ring (bicyclic) bond motifs is 1. The van der Waals surface area contributed by atoms with Crippen molar-refractivity contribution in [3.8, 4) is 5.75 Å². The normalized spacial score (nSPS) is 17.7. The van der Waals surface area contributed by atoms with E-state index < -0.39 is 0 Å². The van der Waals surface area contributed by atoms with Gasteiger partial charge in [0.15, 0.2) is 0 Å². The van der Waals surface area contributed by atoms with E-state index in [1.165, 1.54) is 11.1 Å². The molecule has 0 aliphatic carbocycles. The van der Waals surface area contributed by atoms with Crippen molar-refractivity contribution < 1.29 is 9.84 Å². The Labute approximate surface area is 116 Å². The highest BCUT2D eigenvalue weighted by Gasteiger charge is 2.25. The van der Waals surface area contributed by atoms with Crippen molar-refractivity contribution >= 4 is 0 Å². The zero-order valence-corrected chi connectivity index (χ0v) is 12.1. The molecule has 0 saturated heterocycles. The van der Waals surface area contributed by atoms with Crippen LogP contribution in [0.4, 0.5) is 0 Å². The van der Waals surface area contributed by atoms with Gasteiger partial charge in [0.25, 0.3) is 0 Å². The molecule has 3 nitrogen and oxygen atoms in total. The number of nitrogens with one attached hydrogen (secondary N) is 1. The van der Waals surface area contributed by atoms with E-state index in [9.17, 15) is 5.11 Å². The van der Waals surface area contributed by atoms with E-state index in [1.807, 2.05) is 7.05 Å². The number of hydrogen-bond donors (Lipinski definition) is 2. The van der Waals surface area contributed by atoms with Crippen LogP contribution in [0.25, 0.3) is 0 Å². The van der Waals surface area contributed by atoms with Crippen LogP contribution in [0.5, 0.6) is 5.75 Å². The summed E-state index contributed by atoms with van der Waals surface area (Å²) in [6, 6.07) is 6.62. The maximum absolute atomic E-state index is 9.63. The molecule has 0 fully saturated rings. The van der Waals surface area contributed by atoms with Crippen LogP contribution in [0.3, 0.4) is 0 Å². The molecule has 0 amide bonds. The second-order valence-electron chi connectivity index (χ2n) is 5.68. The van der Waals surface area contributed by atoms with Gasteiger partial charge in [-0.3, -0.25) is 0 Å². The molecule has 1 heterocycles. The Balaban J connectivity index is 2.27. The highest BCUT2D eigenvalue weighted by Crippen LogP contribution is 2.32. The topological polar surface area (TPSA) is 41.5 Å². The summed E-state index contributed by atoms with van der Waals surface area (Å²) in [6.07, 6.45) is 2.18. The van der Waals surface area contributed by atoms with Crippen LogP contribution in [-0.2, 0) is 6.42 Å². The van der Waals surface area contributed by atoms with Crippen molar-refractivity contribution in [1.29, 1.82) is 0 Å². The predicted octanol–water partition coefficient (Wildman–Crippen LogP) is 2.54. The Morgan fingerprint density at radius 2 is 2.16 bits per heavy atom. The molecule has 1 aliphatic rings. The quantitative estimate of drug-likeness (QED) is 0.858. The molecular weight excluding hydrogens is 238 g/mol. The Kier molecular flexibility index (Phi) is 4.83. The molecule has 1 aliphatic heterocycles. The van der Waals surface area contributed by atoms with Gasteiger partial charge < -0.3 is 15.2 Å². The second kappa shape index (κ2) is 6.40. The van der Waals surface area contributed by atoms with Gasteiger partial charge in [-0.25, -0.2) is 0 Å². The number of aliphatic hydroxyl groups excluding tert-OH is 1. The molecule has 2 N–H and O–H groups in total. The van der Waals surface area contributed by atoms with Gasteiger partial charge in [-0.2, -0.15) is 0 Å². The Morgan fingerprint density at radius 3 is 2.79 bits per heavy atom. The summed E-state index contributed by atoms with van der Waals surface area (Å²) in [5, 5.41) is 13.0. The van der Waals surface area contributed by atoms with E-state index in [-0.39, 0.29) is 18.6 Å². The van der Waals surface area contributed by atoms with E-state index in [2.05, 4.69) is 37.4 Å². The smallest absolute Gasteiger partial charge is 0.122 e. The highest BCUT2D eigenvalue weighted by atomic mass is 16.5. The van der Waals surface area contributed by atoms with Crippen LogP contribution in [0, 0.1) is 11.8 Å². The third-order valence-electron chi connectivity index (χ3n) is 4.10. The first-order chi connectivity index (χ1) is 9.17. The minimum atomic E-state index is 0.192. The monoisotopic (exact) mass is 263 g/mol. The van der Waals surface area contributed by atoms with Crippen molar-refractivity contribution in [2.24, 2.45) is 11.8 Å². The largest absolute Gasteiger partial charge is 0.493 e. The third kappa shape index (κ3) is 3.10. The van der Waals surface area contributed by atoms with Crippen molar-refractivity contribution in [1.82, 2.24) is 5.32 Å². The fourth-order valence-electron chi connectivity index (χ4n) is 2.90. The highest BCUT2D eigenvalue weighted by molar-refractivity contribution is 5.39. The summed E-state index contributed by atoms with van der Waals surface area (Å²) >= 11 is 0. The lowest BCUT2D eigenvalue weighted by Crippen LogP contribution is -2.31. The lowest BCUT2D eigenvalue weighted by atomic mass is 9.84. The van der Waals surface area contributed by atoms with Gasteiger partial charge in [-0.05, 0) is 43.0 Å². The van der Waals surface area contributed by atoms with Crippen molar-refractivity contribution in [3.05, 3.63) is 29.3 Å². The minimum Gasteiger partial charge on any atom is -0.493 e. The van der Waals surface area contributed by atoms with Crippen LogP contribution in [-0.4, -0.2) is 25.4 Å². The molecule has 0 saturated carbocycles. The van der Waals surface area contributed by atoms with Gasteiger partial charge in [-0.15, -0.1) is 0 Å². The van der Waals surface area contributed by atoms with Crippen LogP contribution < -0.4 is 10.1 Å². The van der Waals surface area contributed by atoms with E-state index in [4.69, 9.17) is 4.74 Å². The van der Waals surface area contributed by atoms with Crippen LogP contribution in [0.15, 0.2) is 18.2 Å². The average molecular weight is 263 g/mol. The summed E-state index contributed by atoms with van der Waals surface area (Å²) in [5.74, 6) is 1.69. The maximum Gasteiger partial charge on any atom is 0.122 e. The van der Waals surface area contributed by atoms with Gasteiger partial charge >= 0.3 is 0 Å². The second-order valence-corrected chi connectivity index (χ2v) is 5.68. The minimum absolute atomic E-state index is 0.192. The zero-order valence-electron chi connectivity index (χ0n) is 12.1. The molecule has 19 heavy (non-hydrogen) atoms. The summed E-state index contributed by atoms with van der Waals surface area (Å²) in [4.78, 5) is 0. The first-order valence-corrected chi connectivity index (χ1v) is 7.21. The zero-order chi connectivity index (χ0) is 13.8. The molecule has 0 bridgehead atoms. The van der Waals surface area contributed by atoms with Gasteiger partial charge in [0.1, 0.15) is 5.75 Å². The summed E-state index contributed by atoms with van der Waals surface area (Å²) < 4.78 is 5.66. The number of hydrogen-bond acceptors (Lipinski definition) is 3. The van der Waals surface area contributed by atoms with E-state index in [1.54, 1.807) is 0 Å². The summed E-state index contributed by atoms with van der Waals surface area (Å²) in [5.41, 5.74) is 2.55. The lowest BCUT2D eigenvalue weighted by Gasteiger charge is -2.30. The standard InChI is InChI=1S/C16H25NO2/c1-11(2)14(10-18)16(17-3)13-6-7-15-12(9-13)5-4-8-19-15/h6-7,9,11,14,16-18H,4-5,8,10H2,1-3H3. The predicted molar refractivity (Wildman–Crippen MR) is 77.5 cm³/mol. The number of rotatable bonds is 5. The SMILES string of the molecule is CNC(c1ccc2c(c1)CCCO2)C(CO)C(C)C. The molecule has 0 radical (unpaired) electrons. The molecule has 106 valence electrons. The van der Waals surface area contributed by atoms with Crippen molar-refractivity contribution in [2.45, 2.75) is 32.7 Å². The number of ether oxygens (including phenoxy) is 1. The van der Waals surface area contributed by atoms with Crippen molar-refractivity contribution in [3.63, 3.8) is 0 Å². The maximum atomic E-state index is 9.63. The van der Waals surface area contributed by atoms with Gasteiger partial charge in [0.2, 0.25) is 0 Å². The van der Waals surface area contributed by atoms with Crippen LogP contribution >= 0.6 is 0 Å². The van der Waals surface area contributed by atoms with Crippen LogP contribution in [0.2, 0.25) is 0 Å². The third-order valence-corrected chi connectivity index (χ3v) is 4.10. The first kappa shape index (κ1) is 14.4. The average Bonchev–Trinajstić information content (AvgIpc) is 2.43. The van der Waals surface area contributed by atoms with Gasteiger partial charge in [0.05, 0.1) is 6.61 Å². The molecule has 0 spiro atoms. The number of benzene rings is 1. The van der Waals surface area contributed by atoms with Gasteiger partial charge in [0, 0.05) is 18.6 Å². The number of aliphatic hydroxyl groups is 1. The molecule has 2 atom stereocenters. The summed E-state index contributed by atoms with van der Waals surface area (Å²) in [7, 11) is 1.96. The molecular formula is C16H25NO2. The van der Waals surface area contributed by atoms with Crippen LogP contribution in [0.1, 0.15) is 37.4 Å². The van der Waals surface area contributed by atoms with E-state index in [0.29, 0.717) is 5.92 Å². The molecule has 1 aromatic rings. The van der Waals surface area contributed by atoms with Gasteiger partial charge in [-0.1, -0.05) is 26.0 Å². The molecule has 3 heteroatoms. The summed E-state index contributed by atoms with van der Waals surface area (Å²) in [6.45, 7) is 5.35. The Hall–Kier alpha value is -1.06. The van der Waals surface area contributed by atoms with E-state index in [0.717, 1.165) is 25.2 Å². The molecule has 1 aromatic carbocycles. The van der Waals surface area contributed by atoms with E-state index >= 15 is 0 Å². The number of aryl methyl sites for hydroxylation is 1. The first-order valence-electron chi connectivity index (χ1n) is 7.21. The fraction of sp³-hybridized carbons (Fsp3) is 0.625. The molecule has 0 aromatic heterocycles. The Bertz CT molecular complexity index is 417.